The number of aryl methyl sites for hydroxylation is 1. The standard InChI is InChI=1S/C12H9BrF3N3O/c1-6-5-19(18-10(6)11(17)20)7-2-3-9(13)8(4-7)12(14,15)16/h2-5H,1H3,(H2,17,20). The van der Waals surface area contributed by atoms with E-state index in [9.17, 15) is 18.0 Å². The maximum atomic E-state index is 12.8. The van der Waals surface area contributed by atoms with E-state index in [0.29, 0.717) is 5.56 Å². The second kappa shape index (κ2) is 4.93. The van der Waals surface area contributed by atoms with Crippen LogP contribution in [0.1, 0.15) is 21.6 Å². The first-order valence-corrected chi connectivity index (χ1v) is 6.22. The zero-order chi connectivity index (χ0) is 15.1. The minimum Gasteiger partial charge on any atom is -0.364 e. The number of nitrogens with two attached hydrogens (primary N) is 1. The average Bonchev–Trinajstić information content (AvgIpc) is 2.70. The van der Waals surface area contributed by atoms with Crippen LogP contribution >= 0.6 is 15.9 Å². The van der Waals surface area contributed by atoms with Crippen molar-refractivity contribution >= 4 is 21.8 Å². The highest BCUT2D eigenvalue weighted by atomic mass is 79.9. The van der Waals surface area contributed by atoms with Crippen molar-refractivity contribution in [1.82, 2.24) is 9.78 Å². The molecule has 8 heteroatoms. The molecule has 0 aliphatic heterocycles. The van der Waals surface area contributed by atoms with Crippen molar-refractivity contribution in [2.24, 2.45) is 5.73 Å². The topological polar surface area (TPSA) is 60.9 Å². The quantitative estimate of drug-likeness (QED) is 0.907. The summed E-state index contributed by atoms with van der Waals surface area (Å²) in [7, 11) is 0. The number of aromatic nitrogens is 2. The van der Waals surface area contributed by atoms with E-state index in [1.807, 2.05) is 0 Å². The Bertz CT molecular complexity index is 679. The highest BCUT2D eigenvalue weighted by Gasteiger charge is 2.33. The van der Waals surface area contributed by atoms with Crippen molar-refractivity contribution in [2.45, 2.75) is 13.1 Å². The van der Waals surface area contributed by atoms with Gasteiger partial charge in [-0.05, 0) is 25.1 Å². The van der Waals surface area contributed by atoms with Crippen LogP contribution in [-0.4, -0.2) is 15.7 Å². The van der Waals surface area contributed by atoms with E-state index in [-0.39, 0.29) is 15.9 Å². The Hall–Kier alpha value is -1.83. The summed E-state index contributed by atoms with van der Waals surface area (Å²) in [6.07, 6.45) is -3.03. The molecule has 0 atom stereocenters. The van der Waals surface area contributed by atoms with Crippen LogP contribution in [0, 0.1) is 6.92 Å². The lowest BCUT2D eigenvalue weighted by Crippen LogP contribution is -2.13. The van der Waals surface area contributed by atoms with Gasteiger partial charge in [0.05, 0.1) is 11.3 Å². The molecular weight excluding hydrogens is 339 g/mol. The van der Waals surface area contributed by atoms with Gasteiger partial charge in [0.2, 0.25) is 0 Å². The van der Waals surface area contributed by atoms with Gasteiger partial charge >= 0.3 is 6.18 Å². The molecule has 0 saturated carbocycles. The molecule has 0 radical (unpaired) electrons. The third-order valence-electron chi connectivity index (χ3n) is 2.65. The van der Waals surface area contributed by atoms with E-state index in [1.165, 1.54) is 23.0 Å². The van der Waals surface area contributed by atoms with Crippen molar-refractivity contribution in [1.29, 1.82) is 0 Å². The van der Waals surface area contributed by atoms with E-state index < -0.39 is 17.6 Å². The van der Waals surface area contributed by atoms with E-state index in [0.717, 1.165) is 6.07 Å². The third kappa shape index (κ3) is 2.69. The van der Waals surface area contributed by atoms with Gasteiger partial charge < -0.3 is 5.73 Å². The average molecular weight is 348 g/mol. The second-order valence-corrected chi connectivity index (χ2v) is 4.99. The second-order valence-electron chi connectivity index (χ2n) is 4.13. The molecule has 0 aliphatic carbocycles. The molecule has 2 rings (SSSR count). The fourth-order valence-corrected chi connectivity index (χ4v) is 2.18. The highest BCUT2D eigenvalue weighted by Crippen LogP contribution is 2.35. The fourth-order valence-electron chi connectivity index (χ4n) is 1.71. The lowest BCUT2D eigenvalue weighted by Gasteiger charge is -2.11. The van der Waals surface area contributed by atoms with Crippen LogP contribution in [0.2, 0.25) is 0 Å². The van der Waals surface area contributed by atoms with Gasteiger partial charge in [-0.1, -0.05) is 15.9 Å². The van der Waals surface area contributed by atoms with Crippen LogP contribution in [0.25, 0.3) is 5.69 Å². The number of hydrogen-bond acceptors (Lipinski definition) is 2. The van der Waals surface area contributed by atoms with Crippen molar-refractivity contribution in [2.75, 3.05) is 0 Å². The summed E-state index contributed by atoms with van der Waals surface area (Å²) in [5.74, 6) is -0.727. The molecule has 2 N–H and O–H groups in total. The molecule has 106 valence electrons. The summed E-state index contributed by atoms with van der Waals surface area (Å²) in [5, 5.41) is 3.89. The monoisotopic (exact) mass is 347 g/mol. The van der Waals surface area contributed by atoms with Gasteiger partial charge in [-0.25, -0.2) is 4.68 Å². The number of amides is 1. The number of nitrogens with zero attached hydrogens (tertiary/aromatic N) is 2. The SMILES string of the molecule is Cc1cn(-c2ccc(Br)c(C(F)(F)F)c2)nc1C(N)=O. The summed E-state index contributed by atoms with van der Waals surface area (Å²) in [6, 6.07) is 3.68. The number of halogens is 4. The maximum absolute atomic E-state index is 12.8. The Balaban J connectivity index is 2.54. The molecule has 0 aliphatic rings. The first kappa shape index (κ1) is 14.6. The molecule has 0 unspecified atom stereocenters. The van der Waals surface area contributed by atoms with Gasteiger partial charge in [-0.15, -0.1) is 0 Å². The zero-order valence-electron chi connectivity index (χ0n) is 10.2. The van der Waals surface area contributed by atoms with Crippen molar-refractivity contribution in [3.8, 4) is 5.69 Å². The molecule has 1 aromatic carbocycles. The number of hydrogen-bond donors (Lipinski definition) is 1. The van der Waals surface area contributed by atoms with Crippen molar-refractivity contribution < 1.29 is 18.0 Å². The van der Waals surface area contributed by atoms with Crippen LogP contribution < -0.4 is 5.73 Å². The largest absolute Gasteiger partial charge is 0.417 e. The van der Waals surface area contributed by atoms with Gasteiger partial charge in [0.15, 0.2) is 5.69 Å². The molecule has 1 amide bonds. The predicted octanol–water partition coefficient (Wildman–Crippen LogP) is 3.06. The number of alkyl halides is 3. The Morgan fingerprint density at radius 3 is 2.55 bits per heavy atom. The molecule has 0 fully saturated rings. The minimum atomic E-state index is -4.48. The Kier molecular flexibility index (Phi) is 3.59. The minimum absolute atomic E-state index is 0.0291. The highest BCUT2D eigenvalue weighted by molar-refractivity contribution is 9.10. The molecule has 0 spiro atoms. The summed E-state index contributed by atoms with van der Waals surface area (Å²) in [5.41, 5.74) is 5.03. The van der Waals surface area contributed by atoms with Crippen LogP contribution in [0.15, 0.2) is 28.9 Å². The number of benzene rings is 1. The van der Waals surface area contributed by atoms with Gasteiger partial charge in [-0.2, -0.15) is 18.3 Å². The molecular formula is C12H9BrF3N3O. The molecule has 0 saturated heterocycles. The molecule has 0 bridgehead atoms. The van der Waals surface area contributed by atoms with Crippen LogP contribution in [0.5, 0.6) is 0 Å². The maximum Gasteiger partial charge on any atom is 0.417 e. The fraction of sp³-hybridized carbons (Fsp3) is 0.167. The third-order valence-corrected chi connectivity index (χ3v) is 3.34. The first-order chi connectivity index (χ1) is 9.20. The lowest BCUT2D eigenvalue weighted by atomic mass is 10.2. The Labute approximate surface area is 120 Å². The van der Waals surface area contributed by atoms with Crippen LogP contribution in [0.3, 0.4) is 0 Å². The molecule has 1 heterocycles. The Morgan fingerprint density at radius 1 is 1.40 bits per heavy atom. The predicted molar refractivity (Wildman–Crippen MR) is 69.5 cm³/mol. The number of carbonyl (C=O) groups is 1. The summed E-state index contributed by atoms with van der Waals surface area (Å²) in [6.45, 7) is 1.60. The molecule has 4 nitrogen and oxygen atoms in total. The molecule has 1 aromatic heterocycles. The van der Waals surface area contributed by atoms with Gasteiger partial charge in [0, 0.05) is 16.2 Å². The van der Waals surface area contributed by atoms with E-state index in [1.54, 1.807) is 6.92 Å². The number of carbonyl (C=O) groups excluding carboxylic acids is 1. The first-order valence-electron chi connectivity index (χ1n) is 5.43. The van der Waals surface area contributed by atoms with Crippen molar-refractivity contribution in [3.05, 3.63) is 45.7 Å². The van der Waals surface area contributed by atoms with Crippen molar-refractivity contribution in [3.63, 3.8) is 0 Å². The van der Waals surface area contributed by atoms with Gasteiger partial charge in [0.25, 0.3) is 5.91 Å². The number of rotatable bonds is 2. The normalized spacial score (nSPS) is 11.7. The summed E-state index contributed by atoms with van der Waals surface area (Å²) >= 11 is 2.86. The Morgan fingerprint density at radius 2 is 2.05 bits per heavy atom. The summed E-state index contributed by atoms with van der Waals surface area (Å²) < 4.78 is 39.6. The zero-order valence-corrected chi connectivity index (χ0v) is 11.8. The molecule has 20 heavy (non-hydrogen) atoms. The van der Waals surface area contributed by atoms with Crippen LogP contribution in [-0.2, 0) is 6.18 Å². The molecule has 2 aromatic rings. The summed E-state index contributed by atoms with van der Waals surface area (Å²) in [4.78, 5) is 11.1. The van der Waals surface area contributed by atoms with E-state index in [4.69, 9.17) is 5.73 Å². The number of primary amides is 1. The van der Waals surface area contributed by atoms with Crippen LogP contribution in [0.4, 0.5) is 13.2 Å². The van der Waals surface area contributed by atoms with E-state index >= 15 is 0 Å². The smallest absolute Gasteiger partial charge is 0.364 e. The lowest BCUT2D eigenvalue weighted by molar-refractivity contribution is -0.138. The van der Waals surface area contributed by atoms with Gasteiger partial charge in [-0.3, -0.25) is 4.79 Å². The van der Waals surface area contributed by atoms with E-state index in [2.05, 4.69) is 21.0 Å². The van der Waals surface area contributed by atoms with Gasteiger partial charge in [0.1, 0.15) is 0 Å².